The van der Waals surface area contributed by atoms with E-state index in [1.54, 1.807) is 0 Å². The van der Waals surface area contributed by atoms with E-state index in [1.807, 2.05) is 50.3 Å². The van der Waals surface area contributed by atoms with Crippen LogP contribution in [0.5, 0.6) is 0 Å². The molecule has 0 radical (unpaired) electrons. The van der Waals surface area contributed by atoms with Crippen LogP contribution < -0.4 is 0 Å². The minimum absolute atomic E-state index is 0.0473. The summed E-state index contributed by atoms with van der Waals surface area (Å²) in [6, 6.07) is 0. The van der Waals surface area contributed by atoms with Gasteiger partial charge in [-0.05, 0) is 76.4 Å². The Morgan fingerprint density at radius 3 is 1.77 bits per heavy atom. The third-order valence-electron chi connectivity index (χ3n) is 8.36. The van der Waals surface area contributed by atoms with Crippen molar-refractivity contribution < 1.29 is 15.0 Å². The first-order valence-corrected chi connectivity index (χ1v) is 15.4. The van der Waals surface area contributed by atoms with Crippen molar-refractivity contribution >= 4 is 5.78 Å². The van der Waals surface area contributed by atoms with Gasteiger partial charge in [-0.25, -0.2) is 0 Å². The summed E-state index contributed by atoms with van der Waals surface area (Å²) in [7, 11) is 0. The SMILES string of the molecule is CC1=C[C@@H](O)CC(C)(C)[C@H]1/C=C/C(C)=C/C=C/C(C)=C/C=C/C=C(C)/C=C/C=C(C)/C=C/C1=C(C)C(=O)[C@@H](O)CC1(C)C. The zero-order valence-corrected chi connectivity index (χ0v) is 28.1. The topological polar surface area (TPSA) is 57.5 Å². The van der Waals surface area contributed by atoms with Gasteiger partial charge < -0.3 is 10.2 Å². The average molecular weight is 583 g/mol. The number of Topliss-reactive ketones (excluding diaryl/α,β-unsaturated/α-hetero) is 1. The van der Waals surface area contributed by atoms with Crippen molar-refractivity contribution in [1.82, 2.24) is 0 Å². The summed E-state index contributed by atoms with van der Waals surface area (Å²) in [5.41, 5.74) is 7.29. The van der Waals surface area contributed by atoms with Crippen molar-refractivity contribution in [2.75, 3.05) is 0 Å². The highest BCUT2D eigenvalue weighted by atomic mass is 16.3. The third-order valence-corrected chi connectivity index (χ3v) is 8.36. The summed E-state index contributed by atoms with van der Waals surface area (Å²) < 4.78 is 0. The van der Waals surface area contributed by atoms with Gasteiger partial charge in [0.15, 0.2) is 5.78 Å². The number of aliphatic hydroxyl groups is 2. The zero-order chi connectivity index (χ0) is 32.4. The molecule has 0 aromatic rings. The Balaban J connectivity index is 1.92. The molecule has 3 atom stereocenters. The van der Waals surface area contributed by atoms with Gasteiger partial charge in [-0.2, -0.15) is 0 Å². The monoisotopic (exact) mass is 582 g/mol. The fraction of sp³-hybridized carbons (Fsp3) is 0.425. The second-order valence-electron chi connectivity index (χ2n) is 13.6. The lowest BCUT2D eigenvalue weighted by molar-refractivity contribution is -0.125. The number of hydrogen-bond acceptors (Lipinski definition) is 3. The maximum atomic E-state index is 12.2. The van der Waals surface area contributed by atoms with Crippen LogP contribution in [0, 0.1) is 16.7 Å². The molecule has 0 aromatic carbocycles. The van der Waals surface area contributed by atoms with Crippen LogP contribution in [0.15, 0.2) is 130 Å². The lowest BCUT2D eigenvalue weighted by atomic mass is 9.67. The second-order valence-corrected chi connectivity index (χ2v) is 13.6. The molecular weight excluding hydrogens is 528 g/mol. The van der Waals surface area contributed by atoms with Crippen LogP contribution in [0.2, 0.25) is 0 Å². The molecule has 3 nitrogen and oxygen atoms in total. The molecule has 0 saturated heterocycles. The lowest BCUT2D eigenvalue weighted by Crippen LogP contribution is -2.35. The van der Waals surface area contributed by atoms with Crippen molar-refractivity contribution in [3.63, 3.8) is 0 Å². The van der Waals surface area contributed by atoms with Gasteiger partial charge in [0, 0.05) is 5.92 Å². The molecule has 0 fully saturated rings. The molecule has 2 aliphatic carbocycles. The summed E-state index contributed by atoms with van der Waals surface area (Å²) in [4.78, 5) is 12.2. The van der Waals surface area contributed by atoms with Crippen LogP contribution in [0.25, 0.3) is 0 Å². The Morgan fingerprint density at radius 2 is 1.23 bits per heavy atom. The van der Waals surface area contributed by atoms with Crippen molar-refractivity contribution in [1.29, 1.82) is 0 Å². The van der Waals surface area contributed by atoms with Crippen LogP contribution in [-0.4, -0.2) is 28.2 Å². The number of carbonyl (C=O) groups excluding carboxylic acids is 1. The normalized spacial score (nSPS) is 26.3. The summed E-state index contributed by atoms with van der Waals surface area (Å²) in [6.45, 7) is 20.8. The first-order valence-electron chi connectivity index (χ1n) is 15.4. The van der Waals surface area contributed by atoms with E-state index in [1.165, 1.54) is 16.7 Å². The van der Waals surface area contributed by atoms with Crippen LogP contribution in [-0.2, 0) is 4.79 Å². The highest BCUT2D eigenvalue weighted by Crippen LogP contribution is 2.42. The van der Waals surface area contributed by atoms with Crippen molar-refractivity contribution in [2.45, 2.75) is 94.3 Å². The van der Waals surface area contributed by atoms with Gasteiger partial charge >= 0.3 is 0 Å². The Bertz CT molecular complexity index is 1360. The third kappa shape index (κ3) is 11.4. The van der Waals surface area contributed by atoms with E-state index in [-0.39, 0.29) is 22.7 Å². The van der Waals surface area contributed by atoms with Crippen LogP contribution in [0.4, 0.5) is 0 Å². The molecule has 0 saturated carbocycles. The van der Waals surface area contributed by atoms with Gasteiger partial charge in [-0.15, -0.1) is 0 Å². The van der Waals surface area contributed by atoms with Crippen molar-refractivity contribution in [3.05, 3.63) is 130 Å². The van der Waals surface area contributed by atoms with Crippen molar-refractivity contribution in [2.24, 2.45) is 16.7 Å². The molecule has 2 rings (SSSR count). The number of hydrogen-bond donors (Lipinski definition) is 2. The largest absolute Gasteiger partial charge is 0.389 e. The van der Waals surface area contributed by atoms with E-state index in [4.69, 9.17) is 0 Å². The minimum Gasteiger partial charge on any atom is -0.389 e. The maximum Gasteiger partial charge on any atom is 0.187 e. The zero-order valence-electron chi connectivity index (χ0n) is 28.1. The smallest absolute Gasteiger partial charge is 0.187 e. The molecule has 2 aliphatic rings. The van der Waals surface area contributed by atoms with Gasteiger partial charge in [0.2, 0.25) is 0 Å². The molecular formula is C40H54O3. The fourth-order valence-corrected chi connectivity index (χ4v) is 5.89. The molecule has 0 bridgehead atoms. The number of allylic oxidation sites excluding steroid dienone is 20. The van der Waals surface area contributed by atoms with Crippen LogP contribution >= 0.6 is 0 Å². The highest BCUT2D eigenvalue weighted by molar-refractivity contribution is 6.00. The lowest BCUT2D eigenvalue weighted by Gasteiger charge is -2.38. The van der Waals surface area contributed by atoms with Gasteiger partial charge in [0.05, 0.1) is 6.10 Å². The van der Waals surface area contributed by atoms with Gasteiger partial charge in [0.25, 0.3) is 0 Å². The summed E-state index contributed by atoms with van der Waals surface area (Å²) in [6.07, 6.45) is 31.2. The summed E-state index contributed by atoms with van der Waals surface area (Å²) in [5, 5.41) is 20.1. The predicted octanol–water partition coefficient (Wildman–Crippen LogP) is 9.58. The van der Waals surface area contributed by atoms with E-state index in [9.17, 15) is 15.0 Å². The molecule has 43 heavy (non-hydrogen) atoms. The van der Waals surface area contributed by atoms with Gasteiger partial charge in [-0.1, -0.05) is 147 Å². The standard InChI is InChI=1S/C40H54O3/c1-28(17-13-19-30(3)21-23-35-32(5)25-34(41)26-39(35,7)8)15-11-12-16-29(2)18-14-20-31(4)22-24-36-33(6)38(43)37(42)27-40(36,9)10/h11-25,34-35,37,41-42H,26-27H2,1-10H3/b12-11+,17-13+,18-14+,23-21+,24-22+,28-15+,29-16+,30-19+,31-20+/t34-,35+,37+/m1/s1. The molecule has 0 heterocycles. The summed E-state index contributed by atoms with van der Waals surface area (Å²) >= 11 is 0. The number of carbonyl (C=O) groups is 1. The maximum absolute atomic E-state index is 12.2. The molecule has 0 aromatic heterocycles. The molecule has 232 valence electrons. The molecule has 0 amide bonds. The molecule has 0 spiro atoms. The molecule has 3 heteroatoms. The average Bonchev–Trinajstić information content (AvgIpc) is 2.88. The Hall–Kier alpha value is -3.27. The quantitative estimate of drug-likeness (QED) is 0.199. The van der Waals surface area contributed by atoms with E-state index < -0.39 is 6.10 Å². The molecule has 2 N–H and O–H groups in total. The van der Waals surface area contributed by atoms with E-state index in [2.05, 4.69) is 110 Å². The van der Waals surface area contributed by atoms with Crippen LogP contribution in [0.1, 0.15) is 82.1 Å². The Kier molecular flexibility index (Phi) is 13.4. The highest BCUT2D eigenvalue weighted by Gasteiger charge is 2.36. The first-order chi connectivity index (χ1) is 20.0. The van der Waals surface area contributed by atoms with Crippen LogP contribution in [0.3, 0.4) is 0 Å². The minimum atomic E-state index is -0.898. The predicted molar refractivity (Wildman–Crippen MR) is 184 cm³/mol. The Labute approximate surface area is 261 Å². The number of aliphatic hydroxyl groups excluding tert-OH is 2. The summed E-state index contributed by atoms with van der Waals surface area (Å²) in [5.74, 6) is 0.171. The molecule has 0 aliphatic heterocycles. The molecule has 0 unspecified atom stereocenters. The fourth-order valence-electron chi connectivity index (χ4n) is 5.89. The number of rotatable bonds is 10. The van der Waals surface area contributed by atoms with Gasteiger partial charge in [0.1, 0.15) is 6.10 Å². The van der Waals surface area contributed by atoms with E-state index >= 15 is 0 Å². The van der Waals surface area contributed by atoms with Gasteiger partial charge in [-0.3, -0.25) is 4.79 Å². The van der Waals surface area contributed by atoms with E-state index in [0.29, 0.717) is 17.9 Å². The van der Waals surface area contributed by atoms with E-state index in [0.717, 1.165) is 23.1 Å². The van der Waals surface area contributed by atoms with Crippen molar-refractivity contribution in [3.8, 4) is 0 Å². The first kappa shape index (κ1) is 35.9. The Morgan fingerprint density at radius 1 is 0.744 bits per heavy atom. The second kappa shape index (κ2) is 16.0. The number of ketones is 1.